The van der Waals surface area contributed by atoms with Crippen LogP contribution in [0.15, 0.2) is 12.1 Å². The molecule has 4 nitrogen and oxygen atoms in total. The highest BCUT2D eigenvalue weighted by molar-refractivity contribution is 6.34. The van der Waals surface area contributed by atoms with Gasteiger partial charge in [-0.25, -0.2) is 0 Å². The van der Waals surface area contributed by atoms with Crippen LogP contribution >= 0.6 is 11.6 Å². The minimum atomic E-state index is -0.457. The van der Waals surface area contributed by atoms with Gasteiger partial charge in [-0.15, -0.1) is 0 Å². The smallest absolute Gasteiger partial charge is 0.288 e. The molecule has 0 saturated carbocycles. The lowest BCUT2D eigenvalue weighted by Crippen LogP contribution is -1.91. The molecule has 0 aromatic heterocycles. The van der Waals surface area contributed by atoms with Crippen LogP contribution in [0, 0.1) is 10.1 Å². The first-order valence-electron chi connectivity index (χ1n) is 3.90. The Morgan fingerprint density at radius 2 is 2.31 bits per heavy atom. The molecule has 0 unspecified atom stereocenters. The topological polar surface area (TPSA) is 55.2 Å². The van der Waals surface area contributed by atoms with Crippen LogP contribution in [0.3, 0.4) is 0 Å². The maximum atomic E-state index is 10.5. The first-order valence-corrected chi connectivity index (χ1v) is 4.27. The van der Waals surface area contributed by atoms with E-state index in [1.807, 2.05) is 0 Å². The second kappa shape index (κ2) is 2.88. The molecule has 0 atom stereocenters. The molecular weight excluding hydrogens is 192 g/mol. The average molecular weight is 199 g/mol. The Labute approximate surface area is 79.7 Å². The number of fused-ring (bicyclic) bond motifs is 1. The number of hydrogen-bond acceptors (Lipinski definition) is 3. The zero-order valence-electron chi connectivity index (χ0n) is 6.71. The van der Waals surface area contributed by atoms with E-state index in [1.165, 1.54) is 6.07 Å². The molecule has 1 heterocycles. The Hall–Kier alpha value is -1.29. The second-order valence-electron chi connectivity index (χ2n) is 2.86. The molecule has 68 valence electrons. The van der Waals surface area contributed by atoms with Crippen molar-refractivity contribution in [3.63, 3.8) is 0 Å². The molecule has 0 saturated heterocycles. The number of nitro benzene ring substituents is 1. The quantitative estimate of drug-likeness (QED) is 0.556. The van der Waals surface area contributed by atoms with Gasteiger partial charge in [0.25, 0.3) is 5.69 Å². The number of halogens is 1. The third kappa shape index (κ3) is 1.23. The largest absolute Gasteiger partial charge is 0.384 e. The first kappa shape index (κ1) is 8.31. The number of nitro groups is 1. The van der Waals surface area contributed by atoms with Crippen molar-refractivity contribution in [3.05, 3.63) is 32.8 Å². The monoisotopic (exact) mass is 198 g/mol. The summed E-state index contributed by atoms with van der Waals surface area (Å²) in [5.41, 5.74) is 1.76. The normalized spacial score (nSPS) is 13.6. The van der Waals surface area contributed by atoms with E-state index in [4.69, 9.17) is 11.6 Å². The van der Waals surface area contributed by atoms with Gasteiger partial charge in [0, 0.05) is 23.9 Å². The molecule has 0 radical (unpaired) electrons. The SMILES string of the molecule is O=[N+]([O-])c1ccc2c(c1Cl)CCN2. The van der Waals surface area contributed by atoms with Crippen LogP contribution in [0.4, 0.5) is 11.4 Å². The molecule has 1 aliphatic rings. The van der Waals surface area contributed by atoms with Gasteiger partial charge in [0.15, 0.2) is 0 Å². The summed E-state index contributed by atoms with van der Waals surface area (Å²) in [6, 6.07) is 3.13. The van der Waals surface area contributed by atoms with Gasteiger partial charge in [0.1, 0.15) is 5.02 Å². The van der Waals surface area contributed by atoms with Crippen molar-refractivity contribution in [3.8, 4) is 0 Å². The molecule has 2 rings (SSSR count). The Bertz CT molecular complexity index is 379. The van der Waals surface area contributed by atoms with Crippen LogP contribution in [-0.2, 0) is 6.42 Å². The number of nitrogens with zero attached hydrogens (tertiary/aromatic N) is 1. The maximum absolute atomic E-state index is 10.5. The van der Waals surface area contributed by atoms with Crippen molar-refractivity contribution in [1.29, 1.82) is 0 Å². The number of hydrogen-bond donors (Lipinski definition) is 1. The van der Waals surface area contributed by atoms with E-state index in [0.29, 0.717) is 0 Å². The summed E-state index contributed by atoms with van der Waals surface area (Å²) in [6.07, 6.45) is 0.760. The minimum Gasteiger partial charge on any atom is -0.384 e. The molecule has 1 N–H and O–H groups in total. The van der Waals surface area contributed by atoms with Crippen LogP contribution in [0.1, 0.15) is 5.56 Å². The summed E-state index contributed by atoms with van der Waals surface area (Å²) in [5.74, 6) is 0. The van der Waals surface area contributed by atoms with E-state index < -0.39 is 4.92 Å². The lowest BCUT2D eigenvalue weighted by Gasteiger charge is -2.01. The van der Waals surface area contributed by atoms with Crippen LogP contribution < -0.4 is 5.32 Å². The van der Waals surface area contributed by atoms with Gasteiger partial charge in [-0.2, -0.15) is 0 Å². The van der Waals surface area contributed by atoms with Crippen LogP contribution in [-0.4, -0.2) is 11.5 Å². The molecule has 1 aromatic carbocycles. The Balaban J connectivity index is 2.59. The zero-order valence-corrected chi connectivity index (χ0v) is 7.47. The predicted molar refractivity (Wildman–Crippen MR) is 50.3 cm³/mol. The molecule has 5 heteroatoms. The summed E-state index contributed by atoms with van der Waals surface area (Å²) in [7, 11) is 0. The highest BCUT2D eigenvalue weighted by Gasteiger charge is 2.21. The van der Waals surface area contributed by atoms with E-state index in [0.717, 1.165) is 24.2 Å². The highest BCUT2D eigenvalue weighted by atomic mass is 35.5. The third-order valence-corrected chi connectivity index (χ3v) is 2.53. The molecule has 0 bridgehead atoms. The van der Waals surface area contributed by atoms with Crippen LogP contribution in [0.5, 0.6) is 0 Å². The van der Waals surface area contributed by atoms with E-state index >= 15 is 0 Å². The Morgan fingerprint density at radius 3 is 3.00 bits per heavy atom. The molecule has 13 heavy (non-hydrogen) atoms. The Kier molecular flexibility index (Phi) is 1.84. The summed E-state index contributed by atoms with van der Waals surface area (Å²) in [4.78, 5) is 10.1. The van der Waals surface area contributed by atoms with Crippen molar-refractivity contribution in [2.45, 2.75) is 6.42 Å². The van der Waals surface area contributed by atoms with E-state index in [1.54, 1.807) is 6.07 Å². The van der Waals surface area contributed by atoms with E-state index in [2.05, 4.69) is 5.32 Å². The molecule has 1 aromatic rings. The van der Waals surface area contributed by atoms with E-state index in [-0.39, 0.29) is 10.7 Å². The lowest BCUT2D eigenvalue weighted by molar-refractivity contribution is -0.384. The van der Waals surface area contributed by atoms with Crippen molar-refractivity contribution in [1.82, 2.24) is 0 Å². The summed E-state index contributed by atoms with van der Waals surface area (Å²) in [5, 5.41) is 13.9. The van der Waals surface area contributed by atoms with Crippen LogP contribution in [0.2, 0.25) is 5.02 Å². The van der Waals surface area contributed by atoms with Crippen molar-refractivity contribution < 1.29 is 4.92 Å². The fraction of sp³-hybridized carbons (Fsp3) is 0.250. The van der Waals surface area contributed by atoms with Crippen molar-refractivity contribution in [2.24, 2.45) is 0 Å². The standard InChI is InChI=1S/C8H7ClN2O2/c9-8-5-3-4-10-6(5)1-2-7(8)11(12)13/h1-2,10H,3-4H2. The second-order valence-corrected chi connectivity index (χ2v) is 3.24. The number of anilines is 1. The number of benzene rings is 1. The summed E-state index contributed by atoms with van der Waals surface area (Å²) < 4.78 is 0. The van der Waals surface area contributed by atoms with Crippen LogP contribution in [0.25, 0.3) is 0 Å². The molecule has 0 fully saturated rings. The van der Waals surface area contributed by atoms with Crippen molar-refractivity contribution in [2.75, 3.05) is 11.9 Å². The molecular formula is C8H7ClN2O2. The van der Waals surface area contributed by atoms with Crippen molar-refractivity contribution >= 4 is 23.0 Å². The molecule has 1 aliphatic heterocycles. The first-order chi connectivity index (χ1) is 6.20. The van der Waals surface area contributed by atoms with Gasteiger partial charge < -0.3 is 5.32 Å². The fourth-order valence-corrected chi connectivity index (χ4v) is 1.81. The summed E-state index contributed by atoms with van der Waals surface area (Å²) >= 11 is 5.87. The molecule has 0 spiro atoms. The summed E-state index contributed by atoms with van der Waals surface area (Å²) in [6.45, 7) is 0.802. The highest BCUT2D eigenvalue weighted by Crippen LogP contribution is 2.35. The average Bonchev–Trinajstić information content (AvgIpc) is 2.52. The van der Waals surface area contributed by atoms with Gasteiger partial charge in [-0.3, -0.25) is 10.1 Å². The van der Waals surface area contributed by atoms with E-state index in [9.17, 15) is 10.1 Å². The molecule has 0 amide bonds. The molecule has 0 aliphatic carbocycles. The Morgan fingerprint density at radius 1 is 1.54 bits per heavy atom. The van der Waals surface area contributed by atoms with Gasteiger partial charge in [-0.1, -0.05) is 11.6 Å². The zero-order chi connectivity index (χ0) is 9.42. The fourth-order valence-electron chi connectivity index (χ4n) is 1.48. The predicted octanol–water partition coefficient (Wildman–Crippen LogP) is 2.22. The number of nitrogens with one attached hydrogen (secondary N) is 1. The maximum Gasteiger partial charge on any atom is 0.288 e. The van der Waals surface area contributed by atoms with Gasteiger partial charge in [0.2, 0.25) is 0 Å². The van der Waals surface area contributed by atoms with Gasteiger partial charge >= 0.3 is 0 Å². The lowest BCUT2D eigenvalue weighted by atomic mass is 10.1. The van der Waals surface area contributed by atoms with Gasteiger partial charge in [-0.05, 0) is 12.5 Å². The number of rotatable bonds is 1. The minimum absolute atomic E-state index is 0.0101. The van der Waals surface area contributed by atoms with Gasteiger partial charge in [0.05, 0.1) is 4.92 Å². The third-order valence-electron chi connectivity index (χ3n) is 2.11.